The standard InChI is InChI=1S/C17H25NS/c1-13(18-11-7-10-17(2,3)4)15-12-19-16-9-6-5-8-14(15)16/h5-10,13,15,18H,11-12H2,1-4H3/b10-7-/t13-,15?/m1/s1. The van der Waals surface area contributed by atoms with Crippen LogP contribution in [0.1, 0.15) is 39.2 Å². The highest BCUT2D eigenvalue weighted by Gasteiger charge is 2.26. The van der Waals surface area contributed by atoms with Crippen molar-refractivity contribution in [1.29, 1.82) is 0 Å². The molecule has 0 spiro atoms. The summed E-state index contributed by atoms with van der Waals surface area (Å²) in [6.45, 7) is 9.96. The van der Waals surface area contributed by atoms with E-state index in [1.165, 1.54) is 16.2 Å². The summed E-state index contributed by atoms with van der Waals surface area (Å²) in [7, 11) is 0. The molecule has 2 rings (SSSR count). The molecule has 104 valence electrons. The number of rotatable bonds is 4. The predicted molar refractivity (Wildman–Crippen MR) is 86.0 cm³/mol. The summed E-state index contributed by atoms with van der Waals surface area (Å²) in [6, 6.07) is 9.35. The highest BCUT2D eigenvalue weighted by molar-refractivity contribution is 7.99. The zero-order valence-electron chi connectivity index (χ0n) is 12.4. The van der Waals surface area contributed by atoms with Crippen LogP contribution in [0.4, 0.5) is 0 Å². The minimum absolute atomic E-state index is 0.279. The molecule has 1 unspecified atom stereocenters. The lowest BCUT2D eigenvalue weighted by molar-refractivity contribution is 0.505. The van der Waals surface area contributed by atoms with Gasteiger partial charge >= 0.3 is 0 Å². The molecule has 0 aromatic heterocycles. The number of benzene rings is 1. The molecular formula is C17H25NS. The maximum Gasteiger partial charge on any atom is 0.0137 e. The number of fused-ring (bicyclic) bond motifs is 1. The normalized spacial score (nSPS) is 20.7. The van der Waals surface area contributed by atoms with E-state index in [4.69, 9.17) is 0 Å². The number of allylic oxidation sites excluding steroid dienone is 1. The summed E-state index contributed by atoms with van der Waals surface area (Å²) < 4.78 is 0. The molecule has 1 N–H and O–H groups in total. The maximum absolute atomic E-state index is 3.64. The lowest BCUT2D eigenvalue weighted by Crippen LogP contribution is -2.32. The zero-order valence-corrected chi connectivity index (χ0v) is 13.3. The fourth-order valence-corrected chi connectivity index (χ4v) is 3.80. The second-order valence-corrected chi connectivity index (χ2v) is 7.48. The molecule has 1 aliphatic heterocycles. The summed E-state index contributed by atoms with van der Waals surface area (Å²) in [5.74, 6) is 1.85. The molecule has 0 saturated carbocycles. The average molecular weight is 275 g/mol. The molecule has 1 nitrogen and oxygen atoms in total. The molecule has 0 radical (unpaired) electrons. The van der Waals surface area contributed by atoms with Gasteiger partial charge in [-0.15, -0.1) is 11.8 Å². The van der Waals surface area contributed by atoms with Gasteiger partial charge in [-0.1, -0.05) is 51.1 Å². The molecule has 0 saturated heterocycles. The Balaban J connectivity index is 1.88. The molecule has 1 heterocycles. The van der Waals surface area contributed by atoms with Crippen molar-refractivity contribution in [2.75, 3.05) is 12.3 Å². The highest BCUT2D eigenvalue weighted by atomic mass is 32.2. The van der Waals surface area contributed by atoms with E-state index >= 15 is 0 Å². The van der Waals surface area contributed by atoms with E-state index < -0.39 is 0 Å². The summed E-state index contributed by atoms with van der Waals surface area (Å²) in [5, 5.41) is 3.64. The van der Waals surface area contributed by atoms with Gasteiger partial charge in [0.1, 0.15) is 0 Å². The van der Waals surface area contributed by atoms with E-state index in [1.807, 2.05) is 11.8 Å². The van der Waals surface area contributed by atoms with Crippen molar-refractivity contribution >= 4 is 11.8 Å². The van der Waals surface area contributed by atoms with Crippen molar-refractivity contribution in [3.05, 3.63) is 42.0 Å². The fourth-order valence-electron chi connectivity index (χ4n) is 2.41. The van der Waals surface area contributed by atoms with Crippen LogP contribution in [0.25, 0.3) is 0 Å². The third kappa shape index (κ3) is 4.12. The molecule has 1 aliphatic rings. The SMILES string of the molecule is C[C@@H](NC/C=C\C(C)(C)C)C1CSc2ccccc21. The second-order valence-electron chi connectivity index (χ2n) is 6.42. The Morgan fingerprint density at radius 2 is 2.11 bits per heavy atom. The first-order chi connectivity index (χ1) is 8.97. The van der Waals surface area contributed by atoms with Crippen molar-refractivity contribution in [2.45, 2.75) is 44.6 Å². The second kappa shape index (κ2) is 6.15. The minimum Gasteiger partial charge on any atom is -0.310 e. The number of hydrogen-bond acceptors (Lipinski definition) is 2. The Bertz CT molecular complexity index is 445. The molecule has 1 aromatic carbocycles. The molecule has 0 fully saturated rings. The van der Waals surface area contributed by atoms with Crippen LogP contribution in [-0.2, 0) is 0 Å². The maximum atomic E-state index is 3.64. The van der Waals surface area contributed by atoms with E-state index in [1.54, 1.807) is 0 Å². The van der Waals surface area contributed by atoms with Crippen LogP contribution in [-0.4, -0.2) is 18.3 Å². The Hall–Kier alpha value is -0.730. The molecule has 0 bridgehead atoms. The van der Waals surface area contributed by atoms with E-state index in [-0.39, 0.29) is 5.41 Å². The van der Waals surface area contributed by atoms with Crippen molar-refractivity contribution < 1.29 is 0 Å². The van der Waals surface area contributed by atoms with Gasteiger partial charge in [0.15, 0.2) is 0 Å². The van der Waals surface area contributed by atoms with E-state index in [0.29, 0.717) is 12.0 Å². The Labute approximate surface area is 121 Å². The smallest absolute Gasteiger partial charge is 0.0137 e. The van der Waals surface area contributed by atoms with Gasteiger partial charge in [-0.3, -0.25) is 0 Å². The fraction of sp³-hybridized carbons (Fsp3) is 0.529. The van der Waals surface area contributed by atoms with Crippen LogP contribution in [0.5, 0.6) is 0 Å². The first-order valence-electron chi connectivity index (χ1n) is 7.10. The molecular weight excluding hydrogens is 250 g/mol. The average Bonchev–Trinajstić information content (AvgIpc) is 2.77. The summed E-state index contributed by atoms with van der Waals surface area (Å²) in [4.78, 5) is 1.46. The van der Waals surface area contributed by atoms with Crippen molar-refractivity contribution in [2.24, 2.45) is 5.41 Å². The molecule has 2 heteroatoms. The van der Waals surface area contributed by atoms with Gasteiger partial charge in [0.25, 0.3) is 0 Å². The number of thioether (sulfide) groups is 1. The van der Waals surface area contributed by atoms with Crippen LogP contribution >= 0.6 is 11.8 Å². The van der Waals surface area contributed by atoms with Crippen LogP contribution in [0, 0.1) is 5.41 Å². The van der Waals surface area contributed by atoms with Gasteiger partial charge in [-0.2, -0.15) is 0 Å². The summed E-state index contributed by atoms with van der Waals surface area (Å²) >= 11 is 1.99. The molecule has 0 aliphatic carbocycles. The quantitative estimate of drug-likeness (QED) is 0.814. The van der Waals surface area contributed by atoms with Gasteiger partial charge in [-0.25, -0.2) is 0 Å². The van der Waals surface area contributed by atoms with E-state index in [2.05, 4.69) is 69.4 Å². The van der Waals surface area contributed by atoms with E-state index in [9.17, 15) is 0 Å². The molecule has 2 atom stereocenters. The third-order valence-corrected chi connectivity index (χ3v) is 4.72. The van der Waals surface area contributed by atoms with Crippen molar-refractivity contribution in [1.82, 2.24) is 5.32 Å². The van der Waals surface area contributed by atoms with Crippen LogP contribution < -0.4 is 5.32 Å². The van der Waals surface area contributed by atoms with Gasteiger partial charge in [-0.05, 0) is 24.0 Å². The summed E-state index contributed by atoms with van der Waals surface area (Å²) in [5.41, 5.74) is 1.80. The molecule has 0 amide bonds. The van der Waals surface area contributed by atoms with E-state index in [0.717, 1.165) is 6.54 Å². The van der Waals surface area contributed by atoms with Crippen LogP contribution in [0.15, 0.2) is 41.3 Å². The van der Waals surface area contributed by atoms with Crippen LogP contribution in [0.2, 0.25) is 0 Å². The largest absolute Gasteiger partial charge is 0.310 e. The van der Waals surface area contributed by atoms with Crippen molar-refractivity contribution in [3.63, 3.8) is 0 Å². The number of nitrogens with one attached hydrogen (secondary N) is 1. The summed E-state index contributed by atoms with van der Waals surface area (Å²) in [6.07, 6.45) is 4.54. The zero-order chi connectivity index (χ0) is 13.9. The number of hydrogen-bond donors (Lipinski definition) is 1. The lowest BCUT2D eigenvalue weighted by atomic mass is 9.94. The first kappa shape index (κ1) is 14.7. The topological polar surface area (TPSA) is 12.0 Å². The highest BCUT2D eigenvalue weighted by Crippen LogP contribution is 2.40. The molecule has 1 aromatic rings. The Morgan fingerprint density at radius 1 is 1.37 bits per heavy atom. The predicted octanol–water partition coefficient (Wildman–Crippen LogP) is 4.46. The van der Waals surface area contributed by atoms with Gasteiger partial charge in [0.2, 0.25) is 0 Å². The monoisotopic (exact) mass is 275 g/mol. The molecule has 19 heavy (non-hydrogen) atoms. The van der Waals surface area contributed by atoms with Gasteiger partial charge < -0.3 is 5.32 Å². The third-order valence-electron chi connectivity index (χ3n) is 3.52. The Kier molecular flexibility index (Phi) is 4.75. The van der Waals surface area contributed by atoms with Crippen LogP contribution in [0.3, 0.4) is 0 Å². The van der Waals surface area contributed by atoms with Gasteiger partial charge in [0.05, 0.1) is 0 Å². The van der Waals surface area contributed by atoms with Gasteiger partial charge in [0, 0.05) is 29.2 Å². The first-order valence-corrected chi connectivity index (χ1v) is 8.09. The minimum atomic E-state index is 0.279. The lowest BCUT2D eigenvalue weighted by Gasteiger charge is -2.21. The Morgan fingerprint density at radius 3 is 2.84 bits per heavy atom. The van der Waals surface area contributed by atoms with Crippen molar-refractivity contribution in [3.8, 4) is 0 Å².